The van der Waals surface area contributed by atoms with Gasteiger partial charge >= 0.3 is 6.18 Å². The van der Waals surface area contributed by atoms with E-state index in [9.17, 15) is 27.9 Å². The molecular formula is C31H31F3N2O6. The number of hydrogen-bond donors (Lipinski definition) is 3. The number of amides is 1. The van der Waals surface area contributed by atoms with Crippen molar-refractivity contribution in [2.75, 3.05) is 5.32 Å². The number of aromatic nitrogens is 1. The molecule has 0 radical (unpaired) electrons. The van der Waals surface area contributed by atoms with Gasteiger partial charge in [0.25, 0.3) is 5.91 Å². The van der Waals surface area contributed by atoms with Crippen LogP contribution in [-0.4, -0.2) is 28.2 Å². The van der Waals surface area contributed by atoms with Crippen LogP contribution in [0.3, 0.4) is 0 Å². The lowest BCUT2D eigenvalue weighted by atomic mass is 10.1. The van der Waals surface area contributed by atoms with E-state index >= 15 is 0 Å². The van der Waals surface area contributed by atoms with Crippen molar-refractivity contribution < 1.29 is 37.3 Å². The van der Waals surface area contributed by atoms with Crippen LogP contribution >= 0.6 is 0 Å². The second-order valence-electron chi connectivity index (χ2n) is 9.45. The van der Waals surface area contributed by atoms with Gasteiger partial charge in [-0.2, -0.15) is 13.2 Å². The van der Waals surface area contributed by atoms with Crippen molar-refractivity contribution in [1.82, 2.24) is 4.98 Å². The molecule has 4 aromatic rings. The number of para-hydroxylation sites is 4. The molecule has 0 atom stereocenters. The van der Waals surface area contributed by atoms with E-state index in [1.165, 1.54) is 12.3 Å². The molecule has 0 aliphatic rings. The molecule has 11 heteroatoms. The highest BCUT2D eigenvalue weighted by atomic mass is 19.4. The predicted octanol–water partition coefficient (Wildman–Crippen LogP) is 7.40. The zero-order chi connectivity index (χ0) is 30.9. The molecule has 0 aliphatic carbocycles. The van der Waals surface area contributed by atoms with Crippen LogP contribution in [0.5, 0.6) is 28.7 Å². The number of anilines is 1. The number of hydrogen-bond acceptors (Lipinski definition) is 6. The molecule has 0 unspecified atom stereocenters. The summed E-state index contributed by atoms with van der Waals surface area (Å²) >= 11 is 0. The highest BCUT2D eigenvalue weighted by Crippen LogP contribution is 2.37. The van der Waals surface area contributed by atoms with E-state index in [1.54, 1.807) is 42.5 Å². The lowest BCUT2D eigenvalue weighted by molar-refractivity contribution is -0.137. The maximum atomic E-state index is 13.2. The minimum Gasteiger partial charge on any atom is -0.504 e. The average molecular weight is 585 g/mol. The normalized spacial score (nSPS) is 11.0. The van der Waals surface area contributed by atoms with Crippen molar-refractivity contribution in [3.63, 3.8) is 0 Å². The summed E-state index contributed by atoms with van der Waals surface area (Å²) < 4.78 is 56.4. The number of carbonyl (C=O) groups is 1. The quantitative estimate of drug-likeness (QED) is 0.199. The van der Waals surface area contributed by atoms with Crippen LogP contribution in [0.2, 0.25) is 0 Å². The number of aromatic amines is 1. The summed E-state index contributed by atoms with van der Waals surface area (Å²) in [6.07, 6.45) is -3.42. The fraction of sp³-hybridized carbons (Fsp3) is 0.226. The van der Waals surface area contributed by atoms with Gasteiger partial charge in [-0.25, -0.2) is 0 Å². The van der Waals surface area contributed by atoms with Crippen LogP contribution in [0.15, 0.2) is 89.9 Å². The Balaban J connectivity index is 0.000000369. The molecule has 0 saturated heterocycles. The van der Waals surface area contributed by atoms with Gasteiger partial charge in [0.05, 0.1) is 23.3 Å². The lowest BCUT2D eigenvalue weighted by Crippen LogP contribution is -2.17. The third kappa shape index (κ3) is 9.33. The lowest BCUT2D eigenvalue weighted by Gasteiger charge is -2.17. The highest BCUT2D eigenvalue weighted by Gasteiger charge is 2.32. The first-order valence-electron chi connectivity index (χ1n) is 12.9. The number of pyridine rings is 1. The molecule has 0 spiro atoms. The molecule has 1 amide bonds. The van der Waals surface area contributed by atoms with E-state index in [1.807, 2.05) is 33.8 Å². The number of ether oxygens (including phenoxy) is 3. The monoisotopic (exact) mass is 584 g/mol. The average Bonchev–Trinajstić information content (AvgIpc) is 2.90. The smallest absolute Gasteiger partial charge is 0.416 e. The van der Waals surface area contributed by atoms with Gasteiger partial charge < -0.3 is 29.6 Å². The van der Waals surface area contributed by atoms with Crippen molar-refractivity contribution in [2.24, 2.45) is 0 Å². The molecule has 0 bridgehead atoms. The molecule has 1 aromatic heterocycles. The maximum Gasteiger partial charge on any atom is 0.416 e. The Kier molecular flexibility index (Phi) is 10.6. The van der Waals surface area contributed by atoms with E-state index in [2.05, 4.69) is 10.3 Å². The fourth-order valence-electron chi connectivity index (χ4n) is 3.51. The number of carbonyl (C=O) groups excluding carboxylic acids is 1. The Hall–Kier alpha value is -4.93. The van der Waals surface area contributed by atoms with Crippen molar-refractivity contribution in [2.45, 2.75) is 46.1 Å². The molecule has 42 heavy (non-hydrogen) atoms. The maximum absolute atomic E-state index is 13.2. The van der Waals surface area contributed by atoms with E-state index in [0.29, 0.717) is 17.6 Å². The van der Waals surface area contributed by atoms with Gasteiger partial charge in [0.2, 0.25) is 5.56 Å². The zero-order valence-electron chi connectivity index (χ0n) is 23.4. The number of halogens is 3. The summed E-state index contributed by atoms with van der Waals surface area (Å²) in [5, 5.41) is 11.6. The second kappa shape index (κ2) is 14.1. The van der Waals surface area contributed by atoms with Gasteiger partial charge in [0.15, 0.2) is 23.0 Å². The van der Waals surface area contributed by atoms with Gasteiger partial charge in [-0.15, -0.1) is 0 Å². The number of phenolic OH excluding ortho intramolecular Hbond substituents is 1. The standard InChI is InChI=1S/C22H19F3N2O4.C9H12O2/c1-13(2)30-18-5-3-4-6-19(18)31-17-8-7-14(22(23,24)25)11-16(17)21(29)27-15-9-10-26-20(28)12-15;1-7(2)11-9-6-4-3-5-8(9)10/h3-13H,1-2H3,(H2,26,27,28,29);3-7,10H,1-2H3. The highest BCUT2D eigenvalue weighted by molar-refractivity contribution is 6.06. The van der Waals surface area contributed by atoms with Gasteiger partial charge in [-0.1, -0.05) is 24.3 Å². The Morgan fingerprint density at radius 3 is 2.00 bits per heavy atom. The summed E-state index contributed by atoms with van der Waals surface area (Å²) in [6, 6.07) is 18.7. The van der Waals surface area contributed by atoms with Crippen LogP contribution in [0, 0.1) is 0 Å². The molecule has 222 valence electrons. The predicted molar refractivity (Wildman–Crippen MR) is 153 cm³/mol. The molecule has 0 aliphatic heterocycles. The van der Waals surface area contributed by atoms with E-state index in [0.717, 1.165) is 18.2 Å². The minimum atomic E-state index is -4.66. The van der Waals surface area contributed by atoms with Gasteiger partial charge in [-0.05, 0) is 76.2 Å². The summed E-state index contributed by atoms with van der Waals surface area (Å²) in [5.41, 5.74) is -1.71. The Labute approximate surface area is 240 Å². The summed E-state index contributed by atoms with van der Waals surface area (Å²) in [6.45, 7) is 7.48. The molecule has 3 aromatic carbocycles. The van der Waals surface area contributed by atoms with Gasteiger partial charge in [0, 0.05) is 18.0 Å². The Morgan fingerprint density at radius 2 is 1.40 bits per heavy atom. The Bertz CT molecular complexity index is 1550. The van der Waals surface area contributed by atoms with Gasteiger partial charge in [-0.3, -0.25) is 9.59 Å². The molecule has 4 rings (SSSR count). The van der Waals surface area contributed by atoms with Crippen LogP contribution in [0.4, 0.5) is 18.9 Å². The largest absolute Gasteiger partial charge is 0.504 e. The van der Waals surface area contributed by atoms with Crippen LogP contribution in [-0.2, 0) is 6.18 Å². The topological polar surface area (TPSA) is 110 Å². The first kappa shape index (κ1) is 31.6. The van der Waals surface area contributed by atoms with Crippen molar-refractivity contribution in [3.05, 3.63) is 107 Å². The van der Waals surface area contributed by atoms with E-state index < -0.39 is 23.2 Å². The van der Waals surface area contributed by atoms with E-state index in [4.69, 9.17) is 14.2 Å². The Morgan fingerprint density at radius 1 is 0.810 bits per heavy atom. The first-order chi connectivity index (χ1) is 19.8. The number of phenols is 1. The number of nitrogens with one attached hydrogen (secondary N) is 2. The zero-order valence-corrected chi connectivity index (χ0v) is 23.4. The van der Waals surface area contributed by atoms with Crippen LogP contribution in [0.1, 0.15) is 43.6 Å². The summed E-state index contributed by atoms with van der Waals surface area (Å²) in [5.74, 6) is 0.382. The number of rotatable bonds is 8. The summed E-state index contributed by atoms with van der Waals surface area (Å²) in [4.78, 5) is 26.6. The molecule has 0 saturated carbocycles. The fourth-order valence-corrected chi connectivity index (χ4v) is 3.51. The van der Waals surface area contributed by atoms with E-state index in [-0.39, 0.29) is 40.7 Å². The number of alkyl halides is 3. The van der Waals surface area contributed by atoms with Crippen LogP contribution < -0.4 is 25.1 Å². The van der Waals surface area contributed by atoms with Crippen molar-refractivity contribution >= 4 is 11.6 Å². The molecule has 8 nitrogen and oxygen atoms in total. The molecule has 0 fully saturated rings. The summed E-state index contributed by atoms with van der Waals surface area (Å²) in [7, 11) is 0. The number of aromatic hydroxyl groups is 1. The van der Waals surface area contributed by atoms with Crippen molar-refractivity contribution in [1.29, 1.82) is 0 Å². The first-order valence-corrected chi connectivity index (χ1v) is 12.9. The molecular weight excluding hydrogens is 553 g/mol. The van der Waals surface area contributed by atoms with Gasteiger partial charge in [0.1, 0.15) is 5.75 Å². The third-order valence-corrected chi connectivity index (χ3v) is 5.24. The number of benzene rings is 3. The molecule has 3 N–H and O–H groups in total. The van der Waals surface area contributed by atoms with Crippen molar-refractivity contribution in [3.8, 4) is 28.7 Å². The molecule has 1 heterocycles. The third-order valence-electron chi connectivity index (χ3n) is 5.24. The SMILES string of the molecule is CC(C)Oc1ccccc1O.CC(C)Oc1ccccc1Oc1ccc(C(F)(F)F)cc1C(=O)Nc1cc[nH]c(=O)c1. The minimum absolute atomic E-state index is 0.100. The van der Waals surface area contributed by atoms with Crippen LogP contribution in [0.25, 0.3) is 0 Å². The number of H-pyrrole nitrogens is 1. The second-order valence-corrected chi connectivity index (χ2v) is 9.45.